The molecule has 0 bridgehead atoms. The zero-order chi connectivity index (χ0) is 23.0. The summed E-state index contributed by atoms with van der Waals surface area (Å²) in [4.78, 5) is 24.8. The number of amides is 1. The first kappa shape index (κ1) is 24.6. The van der Waals surface area contributed by atoms with Crippen LogP contribution in [0.4, 0.5) is 4.79 Å². The van der Waals surface area contributed by atoms with Gasteiger partial charge in [-0.2, -0.15) is 0 Å². The predicted octanol–water partition coefficient (Wildman–Crippen LogP) is 5.13. The number of carbonyl (C=O) groups is 2. The maximum Gasteiger partial charge on any atom is 0.407 e. The van der Waals surface area contributed by atoms with Crippen LogP contribution in [-0.2, 0) is 14.3 Å². The molecule has 2 aliphatic rings. The summed E-state index contributed by atoms with van der Waals surface area (Å²) in [6.07, 6.45) is 8.31. The van der Waals surface area contributed by atoms with Gasteiger partial charge in [0.05, 0.1) is 0 Å². The van der Waals surface area contributed by atoms with Gasteiger partial charge in [-0.25, -0.2) is 9.59 Å². The first-order valence-electron chi connectivity index (χ1n) is 12.3. The Kier molecular flexibility index (Phi) is 8.97. The first-order valence-corrected chi connectivity index (χ1v) is 12.3. The number of hydrogen-bond donors (Lipinski definition) is 2. The summed E-state index contributed by atoms with van der Waals surface area (Å²) >= 11 is 0. The molecule has 0 aromatic heterocycles. The molecule has 0 saturated heterocycles. The molecule has 2 saturated carbocycles. The third-order valence-corrected chi connectivity index (χ3v) is 6.46. The van der Waals surface area contributed by atoms with E-state index in [9.17, 15) is 9.59 Å². The first-order chi connectivity index (χ1) is 15.3. The summed E-state index contributed by atoms with van der Waals surface area (Å²) in [5.74, 6) is 0.854. The number of hydrogen-bond acceptors (Lipinski definition) is 5. The van der Waals surface area contributed by atoms with Gasteiger partial charge in [-0.3, -0.25) is 0 Å². The molecule has 1 aromatic carbocycles. The van der Waals surface area contributed by atoms with Crippen molar-refractivity contribution in [1.82, 2.24) is 10.6 Å². The monoisotopic (exact) mass is 444 g/mol. The zero-order valence-corrected chi connectivity index (χ0v) is 19.9. The van der Waals surface area contributed by atoms with E-state index in [4.69, 9.17) is 9.47 Å². The average Bonchev–Trinajstić information content (AvgIpc) is 3.26. The van der Waals surface area contributed by atoms with E-state index in [2.05, 4.69) is 10.6 Å². The minimum Gasteiger partial charge on any atom is -0.461 e. The van der Waals surface area contributed by atoms with Gasteiger partial charge in [0, 0.05) is 6.54 Å². The zero-order valence-electron chi connectivity index (χ0n) is 19.9. The second-order valence-corrected chi connectivity index (χ2v) is 10.4. The van der Waals surface area contributed by atoms with Crippen LogP contribution >= 0.6 is 0 Å². The van der Waals surface area contributed by atoms with Crippen LogP contribution in [0.3, 0.4) is 0 Å². The summed E-state index contributed by atoms with van der Waals surface area (Å²) in [5, 5.41) is 6.41. The number of rotatable bonds is 8. The van der Waals surface area contributed by atoms with E-state index in [1.165, 1.54) is 0 Å². The maximum absolute atomic E-state index is 12.9. The number of alkyl carbamates (subject to hydrolysis) is 1. The number of esters is 1. The van der Waals surface area contributed by atoms with Crippen molar-refractivity contribution in [1.29, 1.82) is 0 Å². The van der Waals surface area contributed by atoms with E-state index in [1.807, 2.05) is 51.1 Å². The molecule has 2 fully saturated rings. The Balaban J connectivity index is 1.44. The van der Waals surface area contributed by atoms with Gasteiger partial charge in [-0.1, -0.05) is 30.3 Å². The van der Waals surface area contributed by atoms with Crippen molar-refractivity contribution in [3.63, 3.8) is 0 Å². The molecule has 6 nitrogen and oxygen atoms in total. The summed E-state index contributed by atoms with van der Waals surface area (Å²) in [5.41, 5.74) is 0.493. The third-order valence-electron chi connectivity index (χ3n) is 6.46. The van der Waals surface area contributed by atoms with E-state index in [1.54, 1.807) is 0 Å². The molecule has 32 heavy (non-hydrogen) atoms. The van der Waals surface area contributed by atoms with Crippen molar-refractivity contribution >= 4 is 12.1 Å². The van der Waals surface area contributed by atoms with Crippen LogP contribution in [-0.4, -0.2) is 36.9 Å². The number of benzene rings is 1. The van der Waals surface area contributed by atoms with Gasteiger partial charge in [0.25, 0.3) is 0 Å². The molecule has 0 spiro atoms. The summed E-state index contributed by atoms with van der Waals surface area (Å²) < 4.78 is 11.1. The molecule has 0 aliphatic heterocycles. The molecule has 6 heteroatoms. The molecule has 1 atom stereocenters. The van der Waals surface area contributed by atoms with E-state index >= 15 is 0 Å². The molecule has 1 aromatic rings. The molecule has 2 aliphatic carbocycles. The minimum absolute atomic E-state index is 0.0726. The summed E-state index contributed by atoms with van der Waals surface area (Å²) in [7, 11) is 0. The van der Waals surface area contributed by atoms with Crippen molar-refractivity contribution in [3.8, 4) is 0 Å². The fourth-order valence-electron chi connectivity index (χ4n) is 4.69. The van der Waals surface area contributed by atoms with Crippen LogP contribution < -0.4 is 10.6 Å². The van der Waals surface area contributed by atoms with Gasteiger partial charge >= 0.3 is 12.1 Å². The van der Waals surface area contributed by atoms with Crippen LogP contribution in [0.1, 0.15) is 83.7 Å². The number of ether oxygens (including phenoxy) is 2. The van der Waals surface area contributed by atoms with Crippen molar-refractivity contribution < 1.29 is 19.1 Å². The molecule has 1 unspecified atom stereocenters. The number of nitrogens with one attached hydrogen (secondary N) is 2. The largest absolute Gasteiger partial charge is 0.461 e. The van der Waals surface area contributed by atoms with E-state index in [0.29, 0.717) is 18.4 Å². The molecule has 3 rings (SSSR count). The van der Waals surface area contributed by atoms with E-state index in [0.717, 1.165) is 63.5 Å². The quantitative estimate of drug-likeness (QED) is 0.543. The molecule has 2 N–H and O–H groups in total. The lowest BCUT2D eigenvalue weighted by Gasteiger charge is -2.30. The van der Waals surface area contributed by atoms with Crippen molar-refractivity contribution in [2.75, 3.05) is 13.1 Å². The second kappa shape index (κ2) is 11.7. The van der Waals surface area contributed by atoms with Gasteiger partial charge in [-0.05, 0) is 96.1 Å². The van der Waals surface area contributed by atoms with E-state index in [-0.39, 0.29) is 18.2 Å². The second-order valence-electron chi connectivity index (χ2n) is 10.4. The smallest absolute Gasteiger partial charge is 0.407 e. The Morgan fingerprint density at radius 1 is 0.938 bits per heavy atom. The standard InChI is InChI=1S/C26H40N2O4/c1-26(2,3)32-25(30)28-18-20-15-13-19(14-16-20)17-27-23(21-9-5-4-6-10-21)24(29)31-22-11-7-8-12-22/h4-6,9-10,19-20,22-23,27H,7-8,11-18H2,1-3H3,(H,28,30). The molecule has 1 amide bonds. The Hall–Kier alpha value is -2.08. The Bertz CT molecular complexity index is 717. The highest BCUT2D eigenvalue weighted by Gasteiger charge is 2.28. The Morgan fingerprint density at radius 2 is 1.53 bits per heavy atom. The fourth-order valence-corrected chi connectivity index (χ4v) is 4.69. The van der Waals surface area contributed by atoms with Gasteiger partial charge in [0.15, 0.2) is 0 Å². The molecular weight excluding hydrogens is 404 g/mol. The lowest BCUT2D eigenvalue weighted by atomic mass is 9.82. The number of carbonyl (C=O) groups excluding carboxylic acids is 2. The average molecular weight is 445 g/mol. The van der Waals surface area contributed by atoms with Crippen LogP contribution in [0.15, 0.2) is 30.3 Å². The summed E-state index contributed by atoms with van der Waals surface area (Å²) in [6, 6.07) is 9.48. The predicted molar refractivity (Wildman–Crippen MR) is 125 cm³/mol. The van der Waals surface area contributed by atoms with Crippen molar-refractivity contribution in [3.05, 3.63) is 35.9 Å². The highest BCUT2D eigenvalue weighted by atomic mass is 16.6. The van der Waals surface area contributed by atoms with Crippen LogP contribution in [0.5, 0.6) is 0 Å². The SMILES string of the molecule is CC(C)(C)OC(=O)NCC1CCC(CNC(C(=O)OC2CCCC2)c2ccccc2)CC1. The molecule has 0 radical (unpaired) electrons. The van der Waals surface area contributed by atoms with Crippen molar-refractivity contribution in [2.24, 2.45) is 11.8 Å². The maximum atomic E-state index is 12.9. The van der Waals surface area contributed by atoms with Crippen molar-refractivity contribution in [2.45, 2.75) is 89.9 Å². The van der Waals surface area contributed by atoms with Crippen LogP contribution in [0, 0.1) is 11.8 Å². The Labute approximate surface area is 192 Å². The van der Waals surface area contributed by atoms with Gasteiger partial charge in [-0.15, -0.1) is 0 Å². The minimum atomic E-state index is -0.471. The molecule has 178 valence electrons. The van der Waals surface area contributed by atoms with Gasteiger partial charge in [0.1, 0.15) is 17.7 Å². The normalized spacial score (nSPS) is 22.8. The Morgan fingerprint density at radius 3 is 2.12 bits per heavy atom. The topological polar surface area (TPSA) is 76.7 Å². The molecular formula is C26H40N2O4. The van der Waals surface area contributed by atoms with Crippen LogP contribution in [0.25, 0.3) is 0 Å². The highest BCUT2D eigenvalue weighted by Crippen LogP contribution is 2.29. The highest BCUT2D eigenvalue weighted by molar-refractivity contribution is 5.77. The van der Waals surface area contributed by atoms with E-state index < -0.39 is 11.6 Å². The lowest BCUT2D eigenvalue weighted by molar-refractivity contribution is -0.151. The molecule has 0 heterocycles. The fraction of sp³-hybridized carbons (Fsp3) is 0.692. The van der Waals surface area contributed by atoms with Gasteiger partial charge < -0.3 is 20.1 Å². The third kappa shape index (κ3) is 8.12. The van der Waals surface area contributed by atoms with Gasteiger partial charge in [0.2, 0.25) is 0 Å². The van der Waals surface area contributed by atoms with Crippen LogP contribution in [0.2, 0.25) is 0 Å². The lowest BCUT2D eigenvalue weighted by Crippen LogP contribution is -2.38. The summed E-state index contributed by atoms with van der Waals surface area (Å²) in [6.45, 7) is 7.08.